The fourth-order valence-corrected chi connectivity index (χ4v) is 2.85. The van der Waals surface area contributed by atoms with E-state index in [9.17, 15) is 14.4 Å². The van der Waals surface area contributed by atoms with Gasteiger partial charge in [0, 0.05) is 25.3 Å². The van der Waals surface area contributed by atoms with Gasteiger partial charge in [-0.15, -0.1) is 0 Å². The monoisotopic (exact) mass is 349 g/mol. The van der Waals surface area contributed by atoms with Crippen molar-refractivity contribution in [2.24, 2.45) is 20.0 Å². The summed E-state index contributed by atoms with van der Waals surface area (Å²) >= 11 is 5.97. The quantitative estimate of drug-likeness (QED) is 0.874. The summed E-state index contributed by atoms with van der Waals surface area (Å²) in [4.78, 5) is 36.2. The number of aryl methyl sites for hydroxylation is 1. The summed E-state index contributed by atoms with van der Waals surface area (Å²) in [6.45, 7) is 0.215. The van der Waals surface area contributed by atoms with Gasteiger partial charge in [0.2, 0.25) is 5.91 Å². The summed E-state index contributed by atoms with van der Waals surface area (Å²) in [5, 5.41) is 3.16. The second-order valence-electron chi connectivity index (χ2n) is 5.75. The van der Waals surface area contributed by atoms with Crippen LogP contribution in [-0.2, 0) is 25.3 Å². The van der Waals surface area contributed by atoms with Crippen LogP contribution in [0.5, 0.6) is 5.75 Å². The van der Waals surface area contributed by atoms with Gasteiger partial charge in [-0.25, -0.2) is 4.79 Å². The van der Waals surface area contributed by atoms with Gasteiger partial charge < -0.3 is 14.6 Å². The highest BCUT2D eigenvalue weighted by molar-refractivity contribution is 6.30. The molecule has 1 N–H and O–H groups in total. The van der Waals surface area contributed by atoms with Gasteiger partial charge in [-0.2, -0.15) is 0 Å². The molecule has 1 aliphatic rings. The lowest BCUT2D eigenvalue weighted by molar-refractivity contribution is -0.121. The summed E-state index contributed by atoms with van der Waals surface area (Å²) in [6.07, 6.45) is 1.78. The highest BCUT2D eigenvalue weighted by Gasteiger charge is 2.27. The minimum Gasteiger partial charge on any atom is -0.492 e. The molecule has 0 aliphatic carbocycles. The molecule has 1 aliphatic heterocycles. The molecule has 1 atom stereocenters. The average Bonchev–Trinajstić information content (AvgIpc) is 2.57. The molecule has 7 nitrogen and oxygen atoms in total. The summed E-state index contributed by atoms with van der Waals surface area (Å²) < 4.78 is 7.77. The van der Waals surface area contributed by atoms with Crippen LogP contribution in [0.4, 0.5) is 5.69 Å². The third-order valence-corrected chi connectivity index (χ3v) is 4.24. The Morgan fingerprint density at radius 3 is 2.83 bits per heavy atom. The van der Waals surface area contributed by atoms with Crippen LogP contribution in [0.25, 0.3) is 0 Å². The van der Waals surface area contributed by atoms with E-state index in [1.807, 2.05) is 0 Å². The molecule has 0 bridgehead atoms. The fourth-order valence-electron chi connectivity index (χ4n) is 2.66. The lowest BCUT2D eigenvalue weighted by atomic mass is 9.96. The normalized spacial score (nSPS) is 16.2. The van der Waals surface area contributed by atoms with Crippen LogP contribution in [-0.4, -0.2) is 21.6 Å². The molecule has 1 aromatic heterocycles. The highest BCUT2D eigenvalue weighted by atomic mass is 35.5. The standard InChI is InChI=1S/C16H16ClN3O4/c1-19-7-12(15(22)20(2)16(19)23)18-14(21)10-5-9-6-11(17)3-4-13(9)24-8-10/h3-4,6-7,10H,5,8H2,1-2H3,(H,18,21)/t10-/m0/s1. The molecule has 0 radical (unpaired) electrons. The lowest BCUT2D eigenvalue weighted by Gasteiger charge is -2.24. The van der Waals surface area contributed by atoms with E-state index < -0.39 is 17.2 Å². The van der Waals surface area contributed by atoms with E-state index in [0.717, 1.165) is 10.1 Å². The number of carbonyl (C=O) groups is 1. The van der Waals surface area contributed by atoms with Crippen LogP contribution in [0, 0.1) is 5.92 Å². The van der Waals surface area contributed by atoms with E-state index in [1.165, 1.54) is 24.9 Å². The number of nitrogens with zero attached hydrogens (tertiary/aromatic N) is 2. The topological polar surface area (TPSA) is 82.3 Å². The van der Waals surface area contributed by atoms with Gasteiger partial charge >= 0.3 is 5.69 Å². The van der Waals surface area contributed by atoms with Crippen molar-refractivity contribution in [1.82, 2.24) is 9.13 Å². The molecular weight excluding hydrogens is 334 g/mol. The molecule has 0 fully saturated rings. The largest absolute Gasteiger partial charge is 0.492 e. The van der Waals surface area contributed by atoms with E-state index in [4.69, 9.17) is 16.3 Å². The number of amides is 1. The van der Waals surface area contributed by atoms with Crippen LogP contribution < -0.4 is 21.3 Å². The number of nitrogens with one attached hydrogen (secondary N) is 1. The fraction of sp³-hybridized carbons (Fsp3) is 0.312. The zero-order valence-corrected chi connectivity index (χ0v) is 14.0. The number of hydrogen-bond acceptors (Lipinski definition) is 4. The van der Waals surface area contributed by atoms with Crippen molar-refractivity contribution < 1.29 is 9.53 Å². The van der Waals surface area contributed by atoms with Gasteiger partial charge in [-0.05, 0) is 30.2 Å². The number of hydrogen-bond donors (Lipinski definition) is 1. The van der Waals surface area contributed by atoms with Crippen molar-refractivity contribution in [2.75, 3.05) is 11.9 Å². The van der Waals surface area contributed by atoms with Crippen molar-refractivity contribution in [3.63, 3.8) is 0 Å². The van der Waals surface area contributed by atoms with Crippen LogP contribution in [0.2, 0.25) is 5.02 Å². The Kier molecular flexibility index (Phi) is 4.19. The van der Waals surface area contributed by atoms with Crippen molar-refractivity contribution in [3.05, 3.63) is 55.8 Å². The van der Waals surface area contributed by atoms with Crippen LogP contribution in [0.15, 0.2) is 34.0 Å². The van der Waals surface area contributed by atoms with E-state index in [1.54, 1.807) is 18.2 Å². The van der Waals surface area contributed by atoms with Gasteiger partial charge in [0.25, 0.3) is 5.56 Å². The smallest absolute Gasteiger partial charge is 0.330 e. The Hall–Kier alpha value is -2.54. The lowest BCUT2D eigenvalue weighted by Crippen LogP contribution is -2.40. The highest BCUT2D eigenvalue weighted by Crippen LogP contribution is 2.30. The maximum atomic E-state index is 12.5. The Balaban J connectivity index is 1.82. The minimum absolute atomic E-state index is 0.0569. The third-order valence-electron chi connectivity index (χ3n) is 4.00. The molecule has 24 heavy (non-hydrogen) atoms. The predicted molar refractivity (Wildman–Crippen MR) is 89.7 cm³/mol. The van der Waals surface area contributed by atoms with Crippen LogP contribution in [0.1, 0.15) is 5.56 Å². The Morgan fingerprint density at radius 2 is 2.08 bits per heavy atom. The number of fused-ring (bicyclic) bond motifs is 1. The number of rotatable bonds is 2. The number of aromatic nitrogens is 2. The molecule has 2 heterocycles. The second kappa shape index (κ2) is 6.16. The molecule has 2 aromatic rings. The Bertz CT molecular complexity index is 932. The van der Waals surface area contributed by atoms with Gasteiger partial charge in [-0.3, -0.25) is 14.2 Å². The summed E-state index contributed by atoms with van der Waals surface area (Å²) in [6, 6.07) is 5.27. The molecule has 0 unspecified atom stereocenters. The molecule has 126 valence electrons. The van der Waals surface area contributed by atoms with Gasteiger partial charge in [0.15, 0.2) is 0 Å². The summed E-state index contributed by atoms with van der Waals surface area (Å²) in [7, 11) is 2.88. The van der Waals surface area contributed by atoms with E-state index in [0.29, 0.717) is 17.2 Å². The molecule has 1 amide bonds. The zero-order chi connectivity index (χ0) is 17.4. The second-order valence-corrected chi connectivity index (χ2v) is 6.19. The number of benzene rings is 1. The van der Waals surface area contributed by atoms with E-state index in [-0.39, 0.29) is 18.2 Å². The van der Waals surface area contributed by atoms with Gasteiger partial charge in [-0.1, -0.05) is 11.6 Å². The summed E-state index contributed by atoms with van der Waals surface area (Å²) in [5.74, 6) is -0.0734. The number of halogens is 1. The first-order valence-corrected chi connectivity index (χ1v) is 7.73. The van der Waals surface area contributed by atoms with Crippen molar-refractivity contribution >= 4 is 23.2 Å². The van der Waals surface area contributed by atoms with Gasteiger partial charge in [0.1, 0.15) is 18.0 Å². The predicted octanol–water partition coefficient (Wildman–Crippen LogP) is 0.927. The Morgan fingerprint density at radius 1 is 1.33 bits per heavy atom. The SMILES string of the molecule is Cn1cc(NC(=O)[C@@H]2COc3ccc(Cl)cc3C2)c(=O)n(C)c1=O. The first kappa shape index (κ1) is 16.3. The number of carbonyl (C=O) groups excluding carboxylic acids is 1. The van der Waals surface area contributed by atoms with Gasteiger partial charge in [0.05, 0.1) is 5.92 Å². The van der Waals surface area contributed by atoms with Crippen LogP contribution in [0.3, 0.4) is 0 Å². The van der Waals surface area contributed by atoms with E-state index in [2.05, 4.69) is 5.32 Å². The van der Waals surface area contributed by atoms with Crippen LogP contribution >= 0.6 is 11.6 Å². The molecule has 8 heteroatoms. The molecule has 0 spiro atoms. The number of ether oxygens (including phenoxy) is 1. The Labute approximate surface area is 142 Å². The van der Waals surface area contributed by atoms with Crippen molar-refractivity contribution in [1.29, 1.82) is 0 Å². The maximum absolute atomic E-state index is 12.5. The maximum Gasteiger partial charge on any atom is 0.330 e. The van der Waals surface area contributed by atoms with Crippen molar-refractivity contribution in [3.8, 4) is 5.75 Å². The molecule has 0 saturated heterocycles. The molecule has 0 saturated carbocycles. The molecule has 1 aromatic carbocycles. The average molecular weight is 350 g/mol. The summed E-state index contributed by atoms with van der Waals surface area (Å²) in [5.41, 5.74) is -0.0991. The molecule has 3 rings (SSSR count). The minimum atomic E-state index is -0.549. The first-order chi connectivity index (χ1) is 11.4. The number of anilines is 1. The zero-order valence-electron chi connectivity index (χ0n) is 13.2. The first-order valence-electron chi connectivity index (χ1n) is 7.35. The van der Waals surface area contributed by atoms with Crippen molar-refractivity contribution in [2.45, 2.75) is 6.42 Å². The van der Waals surface area contributed by atoms with E-state index >= 15 is 0 Å². The molecular formula is C16H16ClN3O4. The third kappa shape index (κ3) is 2.94.